The number of nitrogens with two attached hydrogens (primary N) is 1. The Morgan fingerprint density at radius 3 is 2.63 bits per heavy atom. The van der Waals surface area contributed by atoms with Crippen LogP contribution in [0.25, 0.3) is 0 Å². The van der Waals surface area contributed by atoms with Gasteiger partial charge in [-0.25, -0.2) is 0 Å². The van der Waals surface area contributed by atoms with Crippen molar-refractivity contribution in [3.05, 3.63) is 0 Å². The molecule has 1 fully saturated rings. The SMILES string of the molecule is CC1CCC(C)N(c2nc(N)nc(OC(C)C)n2)C1. The molecule has 0 saturated carbocycles. The van der Waals surface area contributed by atoms with Crippen LogP contribution in [0.2, 0.25) is 0 Å². The number of hydrogen-bond donors (Lipinski definition) is 1. The monoisotopic (exact) mass is 265 g/mol. The first-order valence-corrected chi connectivity index (χ1v) is 6.90. The zero-order valence-electron chi connectivity index (χ0n) is 12.1. The quantitative estimate of drug-likeness (QED) is 0.899. The molecule has 1 aliphatic heterocycles. The molecule has 1 saturated heterocycles. The first kappa shape index (κ1) is 13.8. The molecular formula is C13H23N5O. The average molecular weight is 265 g/mol. The Bertz CT molecular complexity index is 437. The summed E-state index contributed by atoms with van der Waals surface area (Å²) in [5.41, 5.74) is 5.75. The summed E-state index contributed by atoms with van der Waals surface area (Å²) in [4.78, 5) is 14.8. The fourth-order valence-corrected chi connectivity index (χ4v) is 2.32. The van der Waals surface area contributed by atoms with E-state index >= 15 is 0 Å². The van der Waals surface area contributed by atoms with Crippen LogP contribution < -0.4 is 15.4 Å². The minimum Gasteiger partial charge on any atom is -0.461 e. The maximum Gasteiger partial charge on any atom is 0.323 e. The van der Waals surface area contributed by atoms with E-state index in [4.69, 9.17) is 10.5 Å². The van der Waals surface area contributed by atoms with Crippen molar-refractivity contribution >= 4 is 11.9 Å². The van der Waals surface area contributed by atoms with Crippen LogP contribution in [0.5, 0.6) is 6.01 Å². The first-order chi connectivity index (χ1) is 8.95. The molecule has 2 heterocycles. The van der Waals surface area contributed by atoms with E-state index in [2.05, 4.69) is 33.7 Å². The highest BCUT2D eigenvalue weighted by molar-refractivity contribution is 5.37. The van der Waals surface area contributed by atoms with Gasteiger partial charge in [-0.1, -0.05) is 6.92 Å². The standard InChI is InChI=1S/C13H23N5O/c1-8(2)19-13-16-11(14)15-12(17-13)18-7-9(3)5-6-10(18)4/h8-10H,5-7H2,1-4H3,(H2,14,15,16,17). The molecule has 6 heteroatoms. The molecule has 1 aromatic heterocycles. The highest BCUT2D eigenvalue weighted by Crippen LogP contribution is 2.26. The van der Waals surface area contributed by atoms with E-state index in [9.17, 15) is 0 Å². The predicted molar refractivity (Wildman–Crippen MR) is 75.2 cm³/mol. The molecular weight excluding hydrogens is 242 g/mol. The van der Waals surface area contributed by atoms with Crippen molar-refractivity contribution in [2.24, 2.45) is 5.92 Å². The van der Waals surface area contributed by atoms with E-state index in [0.29, 0.717) is 23.9 Å². The Labute approximate surface area is 114 Å². The van der Waals surface area contributed by atoms with Crippen LogP contribution in [0, 0.1) is 5.92 Å². The van der Waals surface area contributed by atoms with Gasteiger partial charge in [0, 0.05) is 12.6 Å². The molecule has 2 atom stereocenters. The van der Waals surface area contributed by atoms with Gasteiger partial charge < -0.3 is 15.4 Å². The minimum atomic E-state index is 0.0207. The van der Waals surface area contributed by atoms with Crippen LogP contribution in [-0.2, 0) is 0 Å². The van der Waals surface area contributed by atoms with Crippen molar-refractivity contribution in [3.63, 3.8) is 0 Å². The number of nitrogen functional groups attached to an aromatic ring is 1. The van der Waals surface area contributed by atoms with Gasteiger partial charge in [0.25, 0.3) is 0 Å². The molecule has 106 valence electrons. The third kappa shape index (κ3) is 3.45. The van der Waals surface area contributed by atoms with Gasteiger partial charge in [-0.15, -0.1) is 0 Å². The molecule has 2 N–H and O–H groups in total. The number of hydrogen-bond acceptors (Lipinski definition) is 6. The van der Waals surface area contributed by atoms with Crippen LogP contribution in [0.3, 0.4) is 0 Å². The second-order valence-corrected chi connectivity index (χ2v) is 5.63. The van der Waals surface area contributed by atoms with Gasteiger partial charge in [0.05, 0.1) is 6.10 Å². The Morgan fingerprint density at radius 2 is 1.95 bits per heavy atom. The summed E-state index contributed by atoms with van der Waals surface area (Å²) in [6.45, 7) is 9.26. The summed E-state index contributed by atoms with van der Waals surface area (Å²) < 4.78 is 5.52. The lowest BCUT2D eigenvalue weighted by Gasteiger charge is -2.36. The van der Waals surface area contributed by atoms with Crippen LogP contribution in [0.1, 0.15) is 40.5 Å². The van der Waals surface area contributed by atoms with Crippen molar-refractivity contribution in [2.75, 3.05) is 17.2 Å². The average Bonchev–Trinajstić information content (AvgIpc) is 2.30. The summed E-state index contributed by atoms with van der Waals surface area (Å²) in [6, 6.07) is 0.729. The van der Waals surface area contributed by atoms with Crippen molar-refractivity contribution in [3.8, 4) is 6.01 Å². The van der Waals surface area contributed by atoms with Gasteiger partial charge in [-0.05, 0) is 39.5 Å². The lowest BCUT2D eigenvalue weighted by molar-refractivity contribution is 0.221. The van der Waals surface area contributed by atoms with Crippen LogP contribution in [0.4, 0.5) is 11.9 Å². The maximum atomic E-state index is 5.75. The predicted octanol–water partition coefficient (Wildman–Crippen LogP) is 1.87. The molecule has 2 unspecified atom stereocenters. The number of piperidine rings is 1. The fourth-order valence-electron chi connectivity index (χ4n) is 2.32. The molecule has 0 spiro atoms. The molecule has 19 heavy (non-hydrogen) atoms. The lowest BCUT2D eigenvalue weighted by atomic mass is 9.95. The van der Waals surface area contributed by atoms with Gasteiger partial charge in [0.15, 0.2) is 0 Å². The van der Waals surface area contributed by atoms with Gasteiger partial charge in [0.1, 0.15) is 0 Å². The number of anilines is 2. The van der Waals surface area contributed by atoms with Gasteiger partial charge >= 0.3 is 6.01 Å². The summed E-state index contributed by atoms with van der Waals surface area (Å²) in [5.74, 6) is 1.48. The summed E-state index contributed by atoms with van der Waals surface area (Å²) in [5, 5.41) is 0. The summed E-state index contributed by atoms with van der Waals surface area (Å²) in [7, 11) is 0. The van der Waals surface area contributed by atoms with Gasteiger partial charge in [0.2, 0.25) is 11.9 Å². The number of nitrogens with zero attached hydrogens (tertiary/aromatic N) is 4. The zero-order valence-corrected chi connectivity index (χ0v) is 12.1. The highest BCUT2D eigenvalue weighted by Gasteiger charge is 2.26. The minimum absolute atomic E-state index is 0.0207. The maximum absolute atomic E-state index is 5.75. The van der Waals surface area contributed by atoms with Crippen LogP contribution in [-0.4, -0.2) is 33.6 Å². The van der Waals surface area contributed by atoms with E-state index in [1.54, 1.807) is 0 Å². The van der Waals surface area contributed by atoms with Crippen molar-refractivity contribution < 1.29 is 4.74 Å². The van der Waals surface area contributed by atoms with Crippen molar-refractivity contribution in [2.45, 2.75) is 52.7 Å². The second-order valence-electron chi connectivity index (χ2n) is 5.63. The van der Waals surface area contributed by atoms with Gasteiger partial charge in [-0.3, -0.25) is 0 Å². The Balaban J connectivity index is 2.25. The first-order valence-electron chi connectivity index (χ1n) is 6.90. The smallest absolute Gasteiger partial charge is 0.323 e. The van der Waals surface area contributed by atoms with Crippen LogP contribution >= 0.6 is 0 Å². The third-order valence-electron chi connectivity index (χ3n) is 3.34. The molecule has 6 nitrogen and oxygen atoms in total. The zero-order chi connectivity index (χ0) is 14.0. The van der Waals surface area contributed by atoms with E-state index < -0.39 is 0 Å². The molecule has 0 radical (unpaired) electrons. The molecule has 2 rings (SSSR count). The molecule has 0 bridgehead atoms. The molecule has 0 amide bonds. The van der Waals surface area contributed by atoms with E-state index in [1.165, 1.54) is 6.42 Å². The Kier molecular flexibility index (Phi) is 4.07. The summed E-state index contributed by atoms with van der Waals surface area (Å²) >= 11 is 0. The van der Waals surface area contributed by atoms with E-state index in [0.717, 1.165) is 13.0 Å². The molecule has 1 aromatic rings. The molecule has 0 aromatic carbocycles. The Morgan fingerprint density at radius 1 is 1.21 bits per heavy atom. The third-order valence-corrected chi connectivity index (χ3v) is 3.34. The molecule has 1 aliphatic rings. The summed E-state index contributed by atoms with van der Waals surface area (Å²) in [6.07, 6.45) is 2.41. The van der Waals surface area contributed by atoms with E-state index in [-0.39, 0.29) is 12.1 Å². The number of ether oxygens (including phenoxy) is 1. The Hall–Kier alpha value is -1.59. The number of rotatable bonds is 3. The topological polar surface area (TPSA) is 77.2 Å². The second kappa shape index (κ2) is 5.59. The highest BCUT2D eigenvalue weighted by atomic mass is 16.5. The van der Waals surface area contributed by atoms with E-state index in [1.807, 2.05) is 13.8 Å². The lowest BCUT2D eigenvalue weighted by Crippen LogP contribution is -2.42. The van der Waals surface area contributed by atoms with Crippen LogP contribution in [0.15, 0.2) is 0 Å². The fraction of sp³-hybridized carbons (Fsp3) is 0.769. The van der Waals surface area contributed by atoms with Crippen molar-refractivity contribution in [1.29, 1.82) is 0 Å². The molecule has 0 aliphatic carbocycles. The largest absolute Gasteiger partial charge is 0.461 e. The normalized spacial score (nSPS) is 23.7. The van der Waals surface area contributed by atoms with Crippen molar-refractivity contribution in [1.82, 2.24) is 15.0 Å². The van der Waals surface area contributed by atoms with Gasteiger partial charge in [-0.2, -0.15) is 15.0 Å². The number of aromatic nitrogens is 3.